The van der Waals surface area contributed by atoms with E-state index in [9.17, 15) is 8.42 Å². The Morgan fingerprint density at radius 2 is 1.71 bits per heavy atom. The van der Waals surface area contributed by atoms with Gasteiger partial charge in [0.2, 0.25) is 10.0 Å². The second-order valence-electron chi connectivity index (χ2n) is 5.44. The second-order valence-corrected chi connectivity index (χ2v) is 7.44. The Hall–Kier alpha value is -2.51. The molecule has 1 heterocycles. The molecule has 1 unspecified atom stereocenters. The van der Waals surface area contributed by atoms with Crippen molar-refractivity contribution in [3.05, 3.63) is 72.8 Å². The minimum absolute atomic E-state index is 0.290. The van der Waals surface area contributed by atoms with Gasteiger partial charge in [-0.05, 0) is 36.8 Å². The Bertz CT molecular complexity index is 892. The molecule has 3 rings (SSSR count). The van der Waals surface area contributed by atoms with Gasteiger partial charge in [0.15, 0.2) is 0 Å². The van der Waals surface area contributed by atoms with Gasteiger partial charge in [0, 0.05) is 13.1 Å². The molecule has 0 aliphatic rings. The molecule has 0 aliphatic heterocycles. The van der Waals surface area contributed by atoms with Crippen LogP contribution in [0.3, 0.4) is 0 Å². The van der Waals surface area contributed by atoms with Crippen molar-refractivity contribution >= 4 is 10.0 Å². The van der Waals surface area contributed by atoms with E-state index in [-0.39, 0.29) is 6.04 Å². The van der Waals surface area contributed by atoms with Gasteiger partial charge in [-0.3, -0.25) is 0 Å². The van der Waals surface area contributed by atoms with Crippen LogP contribution in [0.1, 0.15) is 18.5 Å². The van der Waals surface area contributed by atoms with Crippen molar-refractivity contribution in [1.29, 1.82) is 0 Å². The van der Waals surface area contributed by atoms with Crippen LogP contribution >= 0.6 is 0 Å². The molecule has 3 aromatic rings. The monoisotopic (exact) mass is 342 g/mol. The predicted octanol–water partition coefficient (Wildman–Crippen LogP) is 2.65. The molecule has 24 heavy (non-hydrogen) atoms. The van der Waals surface area contributed by atoms with Crippen molar-refractivity contribution in [3.8, 4) is 5.69 Å². The summed E-state index contributed by atoms with van der Waals surface area (Å²) in [7, 11) is -1.94. The van der Waals surface area contributed by atoms with Gasteiger partial charge in [0.1, 0.15) is 12.7 Å². The molecule has 0 saturated carbocycles. The van der Waals surface area contributed by atoms with Gasteiger partial charge in [-0.25, -0.2) is 18.1 Å². The SMILES string of the molecule is CC(c1ccc(-n2cncn2)cc1)N(C)S(=O)(=O)c1ccccc1. The molecule has 1 atom stereocenters. The van der Waals surface area contributed by atoms with E-state index in [1.54, 1.807) is 48.4 Å². The van der Waals surface area contributed by atoms with Crippen LogP contribution in [0.4, 0.5) is 0 Å². The maximum Gasteiger partial charge on any atom is 0.243 e. The van der Waals surface area contributed by atoms with Crippen LogP contribution in [0.2, 0.25) is 0 Å². The fourth-order valence-corrected chi connectivity index (χ4v) is 3.80. The highest BCUT2D eigenvalue weighted by molar-refractivity contribution is 7.89. The largest absolute Gasteiger partial charge is 0.243 e. The molecule has 6 nitrogen and oxygen atoms in total. The average Bonchev–Trinajstić information content (AvgIpc) is 3.16. The van der Waals surface area contributed by atoms with Crippen LogP contribution in [0.5, 0.6) is 0 Å². The van der Waals surface area contributed by atoms with Crippen LogP contribution in [-0.2, 0) is 10.0 Å². The minimum Gasteiger partial charge on any atom is -0.223 e. The molecule has 0 N–H and O–H groups in total. The zero-order valence-electron chi connectivity index (χ0n) is 13.4. The normalized spacial score (nSPS) is 13.1. The van der Waals surface area contributed by atoms with E-state index < -0.39 is 10.0 Å². The second kappa shape index (κ2) is 6.54. The van der Waals surface area contributed by atoms with Crippen molar-refractivity contribution < 1.29 is 8.42 Å². The Balaban J connectivity index is 1.84. The molecule has 0 saturated heterocycles. The lowest BCUT2D eigenvalue weighted by molar-refractivity contribution is 0.398. The van der Waals surface area contributed by atoms with Gasteiger partial charge in [-0.1, -0.05) is 30.3 Å². The highest BCUT2D eigenvalue weighted by atomic mass is 32.2. The minimum atomic E-state index is -3.53. The fourth-order valence-electron chi connectivity index (χ4n) is 2.42. The van der Waals surface area contributed by atoms with Crippen LogP contribution < -0.4 is 0 Å². The highest BCUT2D eigenvalue weighted by Crippen LogP contribution is 2.26. The maximum absolute atomic E-state index is 12.7. The van der Waals surface area contributed by atoms with Crippen molar-refractivity contribution in [2.24, 2.45) is 0 Å². The van der Waals surface area contributed by atoms with Gasteiger partial charge >= 0.3 is 0 Å². The lowest BCUT2D eigenvalue weighted by Crippen LogP contribution is -2.29. The van der Waals surface area contributed by atoms with Gasteiger partial charge in [0.25, 0.3) is 0 Å². The summed E-state index contributed by atoms with van der Waals surface area (Å²) in [4.78, 5) is 4.20. The molecule has 2 aromatic carbocycles. The van der Waals surface area contributed by atoms with E-state index in [2.05, 4.69) is 10.1 Å². The van der Waals surface area contributed by atoms with Gasteiger partial charge < -0.3 is 0 Å². The molecule has 0 radical (unpaired) electrons. The van der Waals surface area contributed by atoms with Crippen LogP contribution in [0.15, 0.2) is 72.1 Å². The predicted molar refractivity (Wildman–Crippen MR) is 91.2 cm³/mol. The standard InChI is InChI=1S/C17H18N4O2S/c1-14(20(2)24(22,23)17-6-4-3-5-7-17)15-8-10-16(11-9-15)21-13-18-12-19-21/h3-14H,1-2H3. The number of sulfonamides is 1. The quantitative estimate of drug-likeness (QED) is 0.715. The third-order valence-electron chi connectivity index (χ3n) is 4.02. The Kier molecular flexibility index (Phi) is 4.46. The zero-order valence-corrected chi connectivity index (χ0v) is 14.3. The van der Waals surface area contributed by atoms with Crippen LogP contribution in [0.25, 0.3) is 5.69 Å². The lowest BCUT2D eigenvalue weighted by Gasteiger charge is -2.24. The summed E-state index contributed by atoms with van der Waals surface area (Å²) in [6.07, 6.45) is 3.08. The van der Waals surface area contributed by atoms with E-state index in [4.69, 9.17) is 0 Å². The first-order valence-corrected chi connectivity index (χ1v) is 8.92. The van der Waals surface area contributed by atoms with Crippen molar-refractivity contribution in [1.82, 2.24) is 19.1 Å². The van der Waals surface area contributed by atoms with Gasteiger partial charge in [0.05, 0.1) is 10.6 Å². The summed E-state index contributed by atoms with van der Waals surface area (Å²) >= 11 is 0. The number of benzene rings is 2. The van der Waals surface area contributed by atoms with E-state index >= 15 is 0 Å². The molecule has 0 bridgehead atoms. The summed E-state index contributed by atoms with van der Waals surface area (Å²) < 4.78 is 28.4. The number of hydrogen-bond donors (Lipinski definition) is 0. The number of rotatable bonds is 5. The molecule has 124 valence electrons. The first kappa shape index (κ1) is 16.4. The number of aromatic nitrogens is 3. The van der Waals surface area contributed by atoms with Crippen LogP contribution in [-0.4, -0.2) is 34.5 Å². The summed E-state index contributed by atoms with van der Waals surface area (Å²) in [5.74, 6) is 0. The molecule has 0 spiro atoms. The maximum atomic E-state index is 12.7. The third-order valence-corrected chi connectivity index (χ3v) is 5.97. The Morgan fingerprint density at radius 1 is 1.04 bits per heavy atom. The van der Waals surface area contributed by atoms with Gasteiger partial charge in [-0.2, -0.15) is 9.40 Å². The average molecular weight is 342 g/mol. The Morgan fingerprint density at radius 3 is 2.29 bits per heavy atom. The third kappa shape index (κ3) is 3.08. The molecule has 0 aliphatic carbocycles. The smallest absolute Gasteiger partial charge is 0.223 e. The lowest BCUT2D eigenvalue weighted by atomic mass is 10.1. The summed E-state index contributed by atoms with van der Waals surface area (Å²) in [5.41, 5.74) is 1.78. The fraction of sp³-hybridized carbons (Fsp3) is 0.176. The van der Waals surface area contributed by atoms with E-state index in [0.29, 0.717) is 4.90 Å². The summed E-state index contributed by atoms with van der Waals surface area (Å²) in [6, 6.07) is 15.7. The highest BCUT2D eigenvalue weighted by Gasteiger charge is 2.26. The topological polar surface area (TPSA) is 68.1 Å². The van der Waals surface area contributed by atoms with E-state index in [1.807, 2.05) is 31.2 Å². The van der Waals surface area contributed by atoms with Crippen molar-refractivity contribution in [2.75, 3.05) is 7.05 Å². The number of hydrogen-bond acceptors (Lipinski definition) is 4. The van der Waals surface area contributed by atoms with E-state index in [1.165, 1.54) is 10.6 Å². The molecule has 7 heteroatoms. The van der Waals surface area contributed by atoms with E-state index in [0.717, 1.165) is 11.3 Å². The zero-order chi connectivity index (χ0) is 17.2. The molecule has 1 aromatic heterocycles. The first-order valence-electron chi connectivity index (χ1n) is 7.48. The summed E-state index contributed by atoms with van der Waals surface area (Å²) in [6.45, 7) is 1.87. The molecular formula is C17H18N4O2S. The van der Waals surface area contributed by atoms with Crippen molar-refractivity contribution in [3.63, 3.8) is 0 Å². The molecular weight excluding hydrogens is 324 g/mol. The number of nitrogens with zero attached hydrogens (tertiary/aromatic N) is 4. The molecule has 0 fully saturated rings. The Labute approximate surface area is 141 Å². The first-order chi connectivity index (χ1) is 11.5. The summed E-state index contributed by atoms with van der Waals surface area (Å²) in [5, 5.41) is 4.07. The van der Waals surface area contributed by atoms with Gasteiger partial charge in [-0.15, -0.1) is 0 Å². The van der Waals surface area contributed by atoms with Crippen molar-refractivity contribution in [2.45, 2.75) is 17.9 Å². The van der Waals surface area contributed by atoms with Crippen LogP contribution in [0, 0.1) is 0 Å². The molecule has 0 amide bonds.